The maximum absolute atomic E-state index is 12.3. The molecule has 0 N–H and O–H groups in total. The molecule has 0 unspecified atom stereocenters. The van der Waals surface area contributed by atoms with Gasteiger partial charge in [0, 0.05) is 37.6 Å². The Hall–Kier alpha value is -2.27. The van der Waals surface area contributed by atoms with E-state index in [0.717, 1.165) is 5.56 Å². The largest absolute Gasteiger partial charge is 0.459 e. The van der Waals surface area contributed by atoms with E-state index in [2.05, 4.69) is 0 Å². The van der Waals surface area contributed by atoms with Gasteiger partial charge in [0.1, 0.15) is 0 Å². The van der Waals surface area contributed by atoms with Crippen LogP contribution in [0.5, 0.6) is 0 Å². The maximum Gasteiger partial charge on any atom is 0.289 e. The van der Waals surface area contributed by atoms with Crippen LogP contribution in [0.1, 0.15) is 22.5 Å². The number of halogens is 1. The lowest BCUT2D eigenvalue weighted by molar-refractivity contribution is -0.132. The second-order valence-electron chi connectivity index (χ2n) is 5.78. The lowest BCUT2D eigenvalue weighted by Gasteiger charge is -2.34. The monoisotopic (exact) mass is 346 g/mol. The van der Waals surface area contributed by atoms with E-state index < -0.39 is 0 Å². The number of carbonyl (C=O) groups is 2. The average Bonchev–Trinajstić information content (AvgIpc) is 3.14. The van der Waals surface area contributed by atoms with Crippen molar-refractivity contribution in [2.24, 2.45) is 0 Å². The molecule has 0 saturated carbocycles. The Morgan fingerprint density at radius 2 is 1.79 bits per heavy atom. The summed E-state index contributed by atoms with van der Waals surface area (Å²) in [5, 5.41) is 0.685. The maximum atomic E-state index is 12.3. The molecule has 126 valence electrons. The van der Waals surface area contributed by atoms with Crippen LogP contribution >= 0.6 is 11.6 Å². The minimum Gasteiger partial charge on any atom is -0.459 e. The van der Waals surface area contributed by atoms with Gasteiger partial charge >= 0.3 is 0 Å². The molecule has 5 nitrogen and oxygen atoms in total. The second-order valence-corrected chi connectivity index (χ2v) is 6.22. The number of piperazine rings is 1. The molecule has 2 amide bonds. The number of benzene rings is 1. The fraction of sp³-hybridized carbons (Fsp3) is 0.333. The Bertz CT molecular complexity index is 707. The molecule has 1 aromatic heterocycles. The van der Waals surface area contributed by atoms with Crippen molar-refractivity contribution in [1.29, 1.82) is 0 Å². The van der Waals surface area contributed by atoms with Crippen molar-refractivity contribution < 1.29 is 14.0 Å². The zero-order valence-corrected chi connectivity index (χ0v) is 14.0. The van der Waals surface area contributed by atoms with Crippen LogP contribution in [0.2, 0.25) is 5.02 Å². The van der Waals surface area contributed by atoms with E-state index in [1.165, 1.54) is 6.26 Å². The highest BCUT2D eigenvalue weighted by Gasteiger charge is 2.25. The van der Waals surface area contributed by atoms with E-state index in [4.69, 9.17) is 16.0 Å². The molecular weight excluding hydrogens is 328 g/mol. The van der Waals surface area contributed by atoms with E-state index in [1.807, 2.05) is 29.2 Å². The number of hydrogen-bond donors (Lipinski definition) is 0. The average molecular weight is 347 g/mol. The third-order valence-corrected chi connectivity index (χ3v) is 4.40. The number of nitrogens with zero attached hydrogens (tertiary/aromatic N) is 2. The number of aryl methyl sites for hydroxylation is 1. The summed E-state index contributed by atoms with van der Waals surface area (Å²) in [6.45, 7) is 2.17. The molecule has 1 aromatic carbocycles. The SMILES string of the molecule is O=C(CCc1cccc(Cl)c1)N1CCN(C(=O)c2ccco2)CC1. The highest BCUT2D eigenvalue weighted by atomic mass is 35.5. The topological polar surface area (TPSA) is 53.8 Å². The quantitative estimate of drug-likeness (QED) is 0.855. The summed E-state index contributed by atoms with van der Waals surface area (Å²) in [6, 6.07) is 10.9. The highest BCUT2D eigenvalue weighted by molar-refractivity contribution is 6.30. The van der Waals surface area contributed by atoms with Gasteiger partial charge in [0.2, 0.25) is 5.91 Å². The van der Waals surface area contributed by atoms with E-state index in [1.54, 1.807) is 17.0 Å². The molecule has 0 spiro atoms. The van der Waals surface area contributed by atoms with Crippen molar-refractivity contribution in [3.05, 3.63) is 59.0 Å². The van der Waals surface area contributed by atoms with Gasteiger partial charge in [-0.1, -0.05) is 23.7 Å². The summed E-state index contributed by atoms with van der Waals surface area (Å²) in [7, 11) is 0. The minimum atomic E-state index is -0.119. The summed E-state index contributed by atoms with van der Waals surface area (Å²) < 4.78 is 5.14. The third-order valence-electron chi connectivity index (χ3n) is 4.17. The van der Waals surface area contributed by atoms with Crippen LogP contribution in [0.4, 0.5) is 0 Å². The third kappa shape index (κ3) is 3.97. The molecule has 1 saturated heterocycles. The predicted octanol–water partition coefficient (Wildman–Crippen LogP) is 2.85. The van der Waals surface area contributed by atoms with Crippen molar-refractivity contribution in [2.75, 3.05) is 26.2 Å². The van der Waals surface area contributed by atoms with Crippen LogP contribution in [0, 0.1) is 0 Å². The van der Waals surface area contributed by atoms with E-state index in [-0.39, 0.29) is 11.8 Å². The minimum absolute atomic E-state index is 0.111. The Morgan fingerprint density at radius 1 is 1.04 bits per heavy atom. The molecule has 24 heavy (non-hydrogen) atoms. The van der Waals surface area contributed by atoms with Crippen LogP contribution in [0.25, 0.3) is 0 Å². The molecule has 0 atom stereocenters. The molecule has 2 heterocycles. The number of amides is 2. The molecule has 1 aliphatic rings. The van der Waals surface area contributed by atoms with Gasteiger partial charge in [-0.2, -0.15) is 0 Å². The fourth-order valence-corrected chi connectivity index (χ4v) is 3.03. The molecular formula is C18H19ClN2O3. The summed E-state index contributed by atoms with van der Waals surface area (Å²) in [6.07, 6.45) is 2.61. The van der Waals surface area contributed by atoms with Crippen molar-refractivity contribution in [3.63, 3.8) is 0 Å². The smallest absolute Gasteiger partial charge is 0.289 e. The van der Waals surface area contributed by atoms with Crippen LogP contribution in [0.15, 0.2) is 47.1 Å². The van der Waals surface area contributed by atoms with Crippen LogP contribution in [0.3, 0.4) is 0 Å². The van der Waals surface area contributed by atoms with Gasteiger partial charge in [0.15, 0.2) is 5.76 Å². The van der Waals surface area contributed by atoms with Gasteiger partial charge in [0.05, 0.1) is 6.26 Å². The molecule has 0 aliphatic carbocycles. The summed E-state index contributed by atoms with van der Waals surface area (Å²) in [4.78, 5) is 28.1. The molecule has 0 radical (unpaired) electrons. The number of carbonyl (C=O) groups excluding carboxylic acids is 2. The van der Waals surface area contributed by atoms with Crippen LogP contribution in [-0.4, -0.2) is 47.8 Å². The summed E-state index contributed by atoms with van der Waals surface area (Å²) in [5.41, 5.74) is 1.06. The first-order valence-electron chi connectivity index (χ1n) is 7.98. The summed E-state index contributed by atoms with van der Waals surface area (Å²) in [5.74, 6) is 0.335. The number of rotatable bonds is 4. The normalized spacial score (nSPS) is 14.7. The summed E-state index contributed by atoms with van der Waals surface area (Å²) >= 11 is 5.96. The zero-order valence-electron chi connectivity index (χ0n) is 13.3. The van der Waals surface area contributed by atoms with Crippen molar-refractivity contribution in [3.8, 4) is 0 Å². The molecule has 3 rings (SSSR count). The first-order chi connectivity index (χ1) is 11.6. The Kier molecular flexibility index (Phi) is 5.20. The van der Waals surface area contributed by atoms with Crippen molar-refractivity contribution in [1.82, 2.24) is 9.80 Å². The fourth-order valence-electron chi connectivity index (χ4n) is 2.82. The standard InChI is InChI=1S/C18H19ClN2O3/c19-15-4-1-3-14(13-15)6-7-17(22)20-8-10-21(11-9-20)18(23)16-5-2-12-24-16/h1-5,12-13H,6-11H2. The highest BCUT2D eigenvalue weighted by Crippen LogP contribution is 2.14. The molecule has 0 bridgehead atoms. The molecule has 2 aromatic rings. The molecule has 1 fully saturated rings. The van der Waals surface area contributed by atoms with E-state index in [0.29, 0.717) is 49.8 Å². The second kappa shape index (κ2) is 7.53. The van der Waals surface area contributed by atoms with Crippen LogP contribution in [-0.2, 0) is 11.2 Å². The van der Waals surface area contributed by atoms with Gasteiger partial charge in [-0.25, -0.2) is 0 Å². The van der Waals surface area contributed by atoms with Crippen molar-refractivity contribution >= 4 is 23.4 Å². The van der Waals surface area contributed by atoms with Crippen LogP contribution < -0.4 is 0 Å². The molecule has 1 aliphatic heterocycles. The van der Waals surface area contributed by atoms with E-state index >= 15 is 0 Å². The lowest BCUT2D eigenvalue weighted by atomic mass is 10.1. The van der Waals surface area contributed by atoms with Gasteiger partial charge < -0.3 is 14.2 Å². The Labute approximate surface area is 145 Å². The van der Waals surface area contributed by atoms with Gasteiger partial charge in [-0.05, 0) is 36.2 Å². The van der Waals surface area contributed by atoms with Gasteiger partial charge in [-0.3, -0.25) is 9.59 Å². The van der Waals surface area contributed by atoms with Gasteiger partial charge in [-0.15, -0.1) is 0 Å². The zero-order chi connectivity index (χ0) is 16.9. The Balaban J connectivity index is 1.47. The first-order valence-corrected chi connectivity index (χ1v) is 8.36. The van der Waals surface area contributed by atoms with Crippen molar-refractivity contribution in [2.45, 2.75) is 12.8 Å². The molecule has 6 heteroatoms. The number of hydrogen-bond acceptors (Lipinski definition) is 3. The van der Waals surface area contributed by atoms with E-state index in [9.17, 15) is 9.59 Å². The lowest BCUT2D eigenvalue weighted by Crippen LogP contribution is -2.50. The first kappa shape index (κ1) is 16.6. The number of furan rings is 1. The predicted molar refractivity (Wildman–Crippen MR) is 91.0 cm³/mol. The Morgan fingerprint density at radius 3 is 2.46 bits per heavy atom. The van der Waals surface area contributed by atoms with Gasteiger partial charge in [0.25, 0.3) is 5.91 Å².